The average molecular weight is 627 g/mol. The van der Waals surface area contributed by atoms with Gasteiger partial charge in [-0.2, -0.15) is 0 Å². The molecular weight excluding hydrogens is 560 g/mol. The number of rotatable bonds is 34. The lowest BCUT2D eigenvalue weighted by Gasteiger charge is -2.10. The molecule has 10 heteroatoms. The number of unbranched alkanes of at least 4 members (excludes halogenated alkanes) is 20. The molecule has 258 valence electrons. The third-order valence-corrected chi connectivity index (χ3v) is 8.19. The zero-order valence-corrected chi connectivity index (χ0v) is 27.7. The van der Waals surface area contributed by atoms with Crippen LogP contribution in [0, 0.1) is 0 Å². The van der Waals surface area contributed by atoms with Crippen LogP contribution in [0.5, 0.6) is 0 Å². The summed E-state index contributed by atoms with van der Waals surface area (Å²) in [4.78, 5) is 45.3. The molecule has 0 spiro atoms. The summed E-state index contributed by atoms with van der Waals surface area (Å²) in [6, 6.07) is -0.741. The van der Waals surface area contributed by atoms with E-state index < -0.39 is 18.0 Å². The van der Waals surface area contributed by atoms with Crippen LogP contribution in [0.3, 0.4) is 0 Å². The van der Waals surface area contributed by atoms with Gasteiger partial charge in [0.25, 0.3) is 0 Å². The number of carbonyl (C=O) groups is 4. The van der Waals surface area contributed by atoms with Crippen LogP contribution in [0.2, 0.25) is 0 Å². The first-order chi connectivity index (χ1) is 21.4. The van der Waals surface area contributed by atoms with E-state index in [0.29, 0.717) is 38.6 Å². The standard InChI is InChI=1S/C34H66N4O6/c35-38-30(34(43)44)24-21-23-29-37-32(40)26-19-15-13-17-22-28-36-31(39)25-18-14-11-9-7-5-3-1-2-4-6-8-10-12-16-20-27-33(41)42/h30,38H,1-29,35H2,(H,36,39)(H,37,40)(H,41,42)(H,43,44)/t30-/m0/s1. The molecule has 1 atom stereocenters. The van der Waals surface area contributed by atoms with Crippen LogP contribution < -0.4 is 21.9 Å². The van der Waals surface area contributed by atoms with Gasteiger partial charge in [-0.1, -0.05) is 109 Å². The molecule has 0 bridgehead atoms. The second-order valence-corrected chi connectivity index (χ2v) is 12.3. The molecule has 0 heterocycles. The van der Waals surface area contributed by atoms with Crippen molar-refractivity contribution in [1.82, 2.24) is 16.1 Å². The molecule has 2 amide bonds. The maximum absolute atomic E-state index is 12.0. The highest BCUT2D eigenvalue weighted by Gasteiger charge is 2.14. The van der Waals surface area contributed by atoms with Gasteiger partial charge < -0.3 is 20.8 Å². The van der Waals surface area contributed by atoms with Gasteiger partial charge in [0.05, 0.1) is 0 Å². The van der Waals surface area contributed by atoms with Crippen molar-refractivity contribution < 1.29 is 29.4 Å². The fourth-order valence-electron chi connectivity index (χ4n) is 5.36. The van der Waals surface area contributed by atoms with E-state index in [2.05, 4.69) is 16.1 Å². The molecule has 0 rings (SSSR count). The Bertz CT molecular complexity index is 722. The number of hydrogen-bond donors (Lipinski definition) is 6. The molecule has 0 aliphatic rings. The first kappa shape index (κ1) is 41.8. The fraction of sp³-hybridized carbons (Fsp3) is 0.882. The van der Waals surface area contributed by atoms with Crippen molar-refractivity contribution in [2.24, 2.45) is 5.84 Å². The van der Waals surface area contributed by atoms with Crippen LogP contribution in [-0.2, 0) is 19.2 Å². The minimum atomic E-state index is -0.961. The van der Waals surface area contributed by atoms with Gasteiger partial charge in [0.1, 0.15) is 6.04 Å². The van der Waals surface area contributed by atoms with E-state index in [1.807, 2.05) is 0 Å². The molecule has 0 aromatic heterocycles. The number of hydrogen-bond acceptors (Lipinski definition) is 6. The molecule has 0 saturated heterocycles. The van der Waals surface area contributed by atoms with Gasteiger partial charge >= 0.3 is 11.9 Å². The van der Waals surface area contributed by atoms with Crippen molar-refractivity contribution >= 4 is 23.8 Å². The van der Waals surface area contributed by atoms with Gasteiger partial charge in [-0.25, -0.2) is 5.43 Å². The van der Waals surface area contributed by atoms with E-state index >= 15 is 0 Å². The lowest BCUT2D eigenvalue weighted by molar-refractivity contribution is -0.140. The molecule has 0 radical (unpaired) electrons. The lowest BCUT2D eigenvalue weighted by Crippen LogP contribution is -2.41. The van der Waals surface area contributed by atoms with Gasteiger partial charge in [-0.3, -0.25) is 25.0 Å². The highest BCUT2D eigenvalue weighted by molar-refractivity contribution is 5.76. The second-order valence-electron chi connectivity index (χ2n) is 12.3. The third-order valence-electron chi connectivity index (χ3n) is 8.19. The molecule has 0 unspecified atom stereocenters. The number of amides is 2. The Labute approximate surface area is 267 Å². The summed E-state index contributed by atoms with van der Waals surface area (Å²) in [7, 11) is 0. The highest BCUT2D eigenvalue weighted by atomic mass is 16.4. The summed E-state index contributed by atoms with van der Waals surface area (Å²) in [6.45, 7) is 1.29. The van der Waals surface area contributed by atoms with Gasteiger partial charge in [0, 0.05) is 32.4 Å². The maximum atomic E-state index is 12.0. The number of hydrazine groups is 1. The Morgan fingerprint density at radius 1 is 0.455 bits per heavy atom. The molecule has 7 N–H and O–H groups in total. The van der Waals surface area contributed by atoms with Gasteiger partial charge in [0.15, 0.2) is 0 Å². The van der Waals surface area contributed by atoms with E-state index in [0.717, 1.165) is 70.8 Å². The predicted octanol–water partition coefficient (Wildman–Crippen LogP) is 6.75. The zero-order chi connectivity index (χ0) is 32.5. The van der Waals surface area contributed by atoms with Crippen molar-refractivity contribution in [3.8, 4) is 0 Å². The summed E-state index contributed by atoms with van der Waals surface area (Å²) >= 11 is 0. The minimum absolute atomic E-state index is 0.0437. The van der Waals surface area contributed by atoms with Crippen molar-refractivity contribution in [1.29, 1.82) is 0 Å². The largest absolute Gasteiger partial charge is 0.481 e. The number of carboxylic acids is 2. The Hall–Kier alpha value is -2.20. The lowest BCUT2D eigenvalue weighted by atomic mass is 10.0. The molecule has 0 aliphatic heterocycles. The average Bonchev–Trinajstić information content (AvgIpc) is 2.99. The number of nitrogens with one attached hydrogen (secondary N) is 3. The van der Waals surface area contributed by atoms with Crippen LogP contribution in [0.4, 0.5) is 0 Å². The normalized spacial score (nSPS) is 11.8. The van der Waals surface area contributed by atoms with Gasteiger partial charge in [-0.05, 0) is 44.9 Å². The second kappa shape index (κ2) is 32.2. The van der Waals surface area contributed by atoms with E-state index in [1.165, 1.54) is 77.0 Å². The molecule has 0 aromatic rings. The van der Waals surface area contributed by atoms with Crippen LogP contribution >= 0.6 is 0 Å². The molecule has 10 nitrogen and oxygen atoms in total. The highest BCUT2D eigenvalue weighted by Crippen LogP contribution is 2.14. The molecule has 0 fully saturated rings. The van der Waals surface area contributed by atoms with E-state index in [4.69, 9.17) is 16.1 Å². The summed E-state index contributed by atoms with van der Waals surface area (Å²) in [5.74, 6) is 3.77. The Balaban J connectivity index is 3.30. The zero-order valence-electron chi connectivity index (χ0n) is 27.7. The predicted molar refractivity (Wildman–Crippen MR) is 177 cm³/mol. The van der Waals surface area contributed by atoms with Crippen molar-refractivity contribution in [3.63, 3.8) is 0 Å². The minimum Gasteiger partial charge on any atom is -0.481 e. The molecule has 0 aliphatic carbocycles. The summed E-state index contributed by atoms with van der Waals surface area (Å²) in [5, 5.41) is 23.5. The first-order valence-corrected chi connectivity index (χ1v) is 17.8. The summed E-state index contributed by atoms with van der Waals surface area (Å²) in [5.41, 5.74) is 2.27. The van der Waals surface area contributed by atoms with E-state index in [9.17, 15) is 19.2 Å². The Morgan fingerprint density at radius 3 is 1.11 bits per heavy atom. The maximum Gasteiger partial charge on any atom is 0.322 e. The van der Waals surface area contributed by atoms with Crippen LogP contribution in [0.1, 0.15) is 173 Å². The summed E-state index contributed by atoms with van der Waals surface area (Å²) in [6.07, 6.45) is 27.7. The molecule has 0 aromatic carbocycles. The number of carbonyl (C=O) groups excluding carboxylic acids is 2. The Kier molecular flexibility index (Phi) is 30.6. The number of nitrogens with two attached hydrogens (primary N) is 1. The first-order valence-electron chi connectivity index (χ1n) is 17.8. The van der Waals surface area contributed by atoms with Crippen LogP contribution in [0.25, 0.3) is 0 Å². The SMILES string of the molecule is NN[C@@H](CCCCNC(=O)CCCCCCCNC(=O)CCCCCCCCCCCCCCCCCCC(=O)O)C(=O)O. The topological polar surface area (TPSA) is 171 Å². The van der Waals surface area contributed by atoms with E-state index in [-0.39, 0.29) is 11.8 Å². The molecule has 0 saturated carbocycles. The van der Waals surface area contributed by atoms with Crippen molar-refractivity contribution in [2.75, 3.05) is 13.1 Å². The molecular formula is C34H66N4O6. The third kappa shape index (κ3) is 31.2. The van der Waals surface area contributed by atoms with Gasteiger partial charge in [-0.15, -0.1) is 0 Å². The monoisotopic (exact) mass is 626 g/mol. The fourth-order valence-corrected chi connectivity index (χ4v) is 5.36. The van der Waals surface area contributed by atoms with Crippen molar-refractivity contribution in [3.05, 3.63) is 0 Å². The smallest absolute Gasteiger partial charge is 0.322 e. The van der Waals surface area contributed by atoms with E-state index in [1.54, 1.807) is 0 Å². The van der Waals surface area contributed by atoms with Gasteiger partial charge in [0.2, 0.25) is 11.8 Å². The van der Waals surface area contributed by atoms with Crippen molar-refractivity contribution in [2.45, 2.75) is 179 Å². The summed E-state index contributed by atoms with van der Waals surface area (Å²) < 4.78 is 0. The van der Waals surface area contributed by atoms with Crippen LogP contribution in [-0.4, -0.2) is 53.1 Å². The quantitative estimate of drug-likeness (QED) is 0.0259. The molecule has 44 heavy (non-hydrogen) atoms. The Morgan fingerprint density at radius 2 is 0.773 bits per heavy atom. The number of aliphatic carboxylic acids is 2. The van der Waals surface area contributed by atoms with Crippen LogP contribution in [0.15, 0.2) is 0 Å². The number of carboxylic acid groups (broad SMARTS) is 2.